The van der Waals surface area contributed by atoms with E-state index in [1.807, 2.05) is 13.0 Å². The molecular formula is C11H16N2. The molecule has 0 aromatic carbocycles. The van der Waals surface area contributed by atoms with Crippen LogP contribution in [0.15, 0.2) is 6.07 Å². The van der Waals surface area contributed by atoms with E-state index < -0.39 is 0 Å². The average molecular weight is 176 g/mol. The summed E-state index contributed by atoms with van der Waals surface area (Å²) in [7, 11) is 0. The first-order chi connectivity index (χ1) is 6.06. The molecule has 13 heavy (non-hydrogen) atoms. The van der Waals surface area contributed by atoms with Crippen LogP contribution < -0.4 is 0 Å². The largest absolute Gasteiger partial charge is 0.360 e. The summed E-state index contributed by atoms with van der Waals surface area (Å²) in [6.07, 6.45) is 0. The van der Waals surface area contributed by atoms with Gasteiger partial charge in [-0.2, -0.15) is 0 Å². The van der Waals surface area contributed by atoms with Gasteiger partial charge in [-0.1, -0.05) is 13.8 Å². The van der Waals surface area contributed by atoms with Crippen LogP contribution in [-0.4, -0.2) is 4.57 Å². The summed E-state index contributed by atoms with van der Waals surface area (Å²) in [5, 5.41) is 0. The minimum atomic E-state index is 0.628. The van der Waals surface area contributed by atoms with Crippen molar-refractivity contribution in [1.82, 2.24) is 4.57 Å². The Bertz CT molecular complexity index is 340. The van der Waals surface area contributed by atoms with Gasteiger partial charge in [0.25, 0.3) is 0 Å². The molecule has 0 saturated heterocycles. The number of aryl methyl sites for hydroxylation is 1. The summed E-state index contributed by atoms with van der Waals surface area (Å²) in [6, 6.07) is 1.96. The molecule has 0 spiro atoms. The van der Waals surface area contributed by atoms with Gasteiger partial charge in [-0.3, -0.25) is 0 Å². The molecular weight excluding hydrogens is 160 g/mol. The molecule has 1 aromatic heterocycles. The molecule has 0 fully saturated rings. The van der Waals surface area contributed by atoms with Gasteiger partial charge >= 0.3 is 0 Å². The molecule has 0 N–H and O–H groups in total. The fourth-order valence-corrected chi connectivity index (χ4v) is 1.54. The van der Waals surface area contributed by atoms with E-state index >= 15 is 0 Å². The van der Waals surface area contributed by atoms with E-state index in [2.05, 4.69) is 30.2 Å². The Morgan fingerprint density at radius 3 is 2.46 bits per heavy atom. The van der Waals surface area contributed by atoms with Crippen molar-refractivity contribution in [3.63, 3.8) is 0 Å². The zero-order chi connectivity index (χ0) is 10.0. The van der Waals surface area contributed by atoms with Crippen molar-refractivity contribution in [3.8, 4) is 0 Å². The lowest BCUT2D eigenvalue weighted by Crippen LogP contribution is -2.07. The molecule has 0 aliphatic heterocycles. The predicted molar refractivity (Wildman–Crippen MR) is 55.0 cm³/mol. The average Bonchev–Trinajstić information content (AvgIpc) is 2.31. The molecule has 0 atom stereocenters. The quantitative estimate of drug-likeness (QED) is 0.611. The Labute approximate surface area is 80.0 Å². The lowest BCUT2D eigenvalue weighted by molar-refractivity contribution is 0.509. The smallest absolute Gasteiger partial charge is 0.207 e. The van der Waals surface area contributed by atoms with Gasteiger partial charge < -0.3 is 4.57 Å². The van der Waals surface area contributed by atoms with Crippen LogP contribution in [0.1, 0.15) is 25.2 Å². The summed E-state index contributed by atoms with van der Waals surface area (Å²) >= 11 is 0. The van der Waals surface area contributed by atoms with E-state index in [-0.39, 0.29) is 0 Å². The zero-order valence-corrected chi connectivity index (χ0v) is 8.76. The zero-order valence-electron chi connectivity index (χ0n) is 8.76. The van der Waals surface area contributed by atoms with E-state index in [4.69, 9.17) is 6.57 Å². The second-order valence-corrected chi connectivity index (χ2v) is 3.87. The highest BCUT2D eigenvalue weighted by Gasteiger charge is 2.08. The molecule has 2 heteroatoms. The maximum absolute atomic E-state index is 6.99. The fourth-order valence-electron chi connectivity index (χ4n) is 1.54. The number of aromatic nitrogens is 1. The Kier molecular flexibility index (Phi) is 2.77. The van der Waals surface area contributed by atoms with Crippen LogP contribution in [0.25, 0.3) is 4.85 Å². The molecule has 70 valence electrons. The Morgan fingerprint density at radius 1 is 1.46 bits per heavy atom. The number of hydrogen-bond acceptors (Lipinski definition) is 0. The van der Waals surface area contributed by atoms with Crippen LogP contribution in [0.4, 0.5) is 5.69 Å². The molecule has 0 radical (unpaired) electrons. The van der Waals surface area contributed by atoms with Gasteiger partial charge in [0.1, 0.15) is 0 Å². The third kappa shape index (κ3) is 1.92. The van der Waals surface area contributed by atoms with Crippen LogP contribution >= 0.6 is 0 Å². The van der Waals surface area contributed by atoms with Gasteiger partial charge in [0.15, 0.2) is 0 Å². The number of hydrogen-bond donors (Lipinski definition) is 0. The van der Waals surface area contributed by atoms with Crippen LogP contribution in [0.2, 0.25) is 0 Å². The minimum Gasteiger partial charge on any atom is -0.360 e. The molecule has 1 rings (SSSR count). The Balaban J connectivity index is 3.07. The summed E-state index contributed by atoms with van der Waals surface area (Å²) in [5.74, 6) is 0.628. The topological polar surface area (TPSA) is 9.29 Å². The first-order valence-corrected chi connectivity index (χ1v) is 4.60. The van der Waals surface area contributed by atoms with Gasteiger partial charge in [0.05, 0.1) is 6.57 Å². The van der Waals surface area contributed by atoms with Gasteiger partial charge in [0.2, 0.25) is 5.69 Å². The lowest BCUT2D eigenvalue weighted by Gasteiger charge is -2.12. The molecule has 0 saturated carbocycles. The first-order valence-electron chi connectivity index (χ1n) is 4.60. The summed E-state index contributed by atoms with van der Waals surface area (Å²) in [6.45, 7) is 16.5. The van der Waals surface area contributed by atoms with Crippen molar-refractivity contribution < 1.29 is 0 Å². The van der Waals surface area contributed by atoms with Crippen molar-refractivity contribution in [1.29, 1.82) is 0 Å². The van der Waals surface area contributed by atoms with Crippen molar-refractivity contribution in [3.05, 3.63) is 28.9 Å². The van der Waals surface area contributed by atoms with Crippen molar-refractivity contribution in [2.45, 2.75) is 34.2 Å². The summed E-state index contributed by atoms with van der Waals surface area (Å²) in [4.78, 5) is 3.49. The minimum absolute atomic E-state index is 0.628. The van der Waals surface area contributed by atoms with Gasteiger partial charge in [0, 0.05) is 17.9 Å². The highest BCUT2D eigenvalue weighted by molar-refractivity contribution is 5.51. The van der Waals surface area contributed by atoms with E-state index in [0.717, 1.165) is 17.9 Å². The monoisotopic (exact) mass is 176 g/mol. The third-order valence-electron chi connectivity index (χ3n) is 2.22. The van der Waals surface area contributed by atoms with Crippen molar-refractivity contribution in [2.75, 3.05) is 0 Å². The van der Waals surface area contributed by atoms with E-state index in [1.54, 1.807) is 0 Å². The molecule has 1 heterocycles. The fraction of sp³-hybridized carbons (Fsp3) is 0.545. The highest BCUT2D eigenvalue weighted by Crippen LogP contribution is 2.23. The summed E-state index contributed by atoms with van der Waals surface area (Å²) in [5.41, 5.74) is 3.08. The first kappa shape index (κ1) is 9.85. The standard InChI is InChI=1S/C11H16N2/c1-8(2)7-13-9(3)6-11(12-5)10(13)4/h6,8H,7H2,1-4H3. The van der Waals surface area contributed by atoms with Crippen LogP contribution in [0, 0.1) is 26.3 Å². The molecule has 0 bridgehead atoms. The van der Waals surface area contributed by atoms with Gasteiger partial charge in [-0.15, -0.1) is 0 Å². The van der Waals surface area contributed by atoms with E-state index in [1.165, 1.54) is 5.69 Å². The Hall–Kier alpha value is -1.23. The predicted octanol–water partition coefficient (Wildman–Crippen LogP) is 3.31. The number of nitrogens with zero attached hydrogens (tertiary/aromatic N) is 2. The molecule has 0 unspecified atom stereocenters. The molecule has 0 aliphatic carbocycles. The second-order valence-electron chi connectivity index (χ2n) is 3.87. The maximum atomic E-state index is 6.99. The normalized spacial score (nSPS) is 10.5. The molecule has 0 aliphatic rings. The maximum Gasteiger partial charge on any atom is 0.207 e. The van der Waals surface area contributed by atoms with Crippen LogP contribution in [-0.2, 0) is 6.54 Å². The van der Waals surface area contributed by atoms with E-state index in [0.29, 0.717) is 5.92 Å². The van der Waals surface area contributed by atoms with Gasteiger partial charge in [-0.25, -0.2) is 4.85 Å². The molecule has 2 nitrogen and oxygen atoms in total. The lowest BCUT2D eigenvalue weighted by atomic mass is 10.2. The van der Waals surface area contributed by atoms with Crippen molar-refractivity contribution >= 4 is 5.69 Å². The second kappa shape index (κ2) is 3.66. The van der Waals surface area contributed by atoms with Crippen molar-refractivity contribution in [2.24, 2.45) is 5.92 Å². The SMILES string of the molecule is [C-]#[N+]c1cc(C)n(CC(C)C)c1C. The highest BCUT2D eigenvalue weighted by atomic mass is 15.0. The Morgan fingerprint density at radius 2 is 2.08 bits per heavy atom. The third-order valence-corrected chi connectivity index (χ3v) is 2.22. The summed E-state index contributed by atoms with van der Waals surface area (Å²) < 4.78 is 2.22. The number of rotatable bonds is 2. The van der Waals surface area contributed by atoms with E-state index in [9.17, 15) is 0 Å². The molecule has 0 amide bonds. The van der Waals surface area contributed by atoms with Crippen LogP contribution in [0.5, 0.6) is 0 Å². The van der Waals surface area contributed by atoms with Crippen LogP contribution in [0.3, 0.4) is 0 Å². The van der Waals surface area contributed by atoms with Gasteiger partial charge in [-0.05, 0) is 25.8 Å². The molecule has 1 aromatic rings.